The van der Waals surface area contributed by atoms with Gasteiger partial charge in [-0.1, -0.05) is 19.9 Å². The van der Waals surface area contributed by atoms with Crippen molar-refractivity contribution in [3.05, 3.63) is 45.7 Å². The second-order valence-electron chi connectivity index (χ2n) is 4.35. The molecule has 0 aliphatic heterocycles. The predicted octanol–water partition coefficient (Wildman–Crippen LogP) is 3.86. The summed E-state index contributed by atoms with van der Waals surface area (Å²) in [6, 6.07) is 6.15. The van der Waals surface area contributed by atoms with E-state index in [1.54, 1.807) is 23.5 Å². The lowest BCUT2D eigenvalue weighted by Gasteiger charge is -2.06. The van der Waals surface area contributed by atoms with Crippen molar-refractivity contribution in [1.29, 1.82) is 5.26 Å². The van der Waals surface area contributed by atoms with Gasteiger partial charge in [-0.15, -0.1) is 11.3 Å². The van der Waals surface area contributed by atoms with Gasteiger partial charge >= 0.3 is 0 Å². The molecule has 0 amide bonds. The van der Waals surface area contributed by atoms with E-state index in [1.165, 1.54) is 12.1 Å². The zero-order valence-electron chi connectivity index (χ0n) is 10.7. The average Bonchev–Trinajstić information content (AvgIpc) is 2.85. The summed E-state index contributed by atoms with van der Waals surface area (Å²) < 4.78 is 18.8. The largest absolute Gasteiger partial charge is 0.486 e. The van der Waals surface area contributed by atoms with Gasteiger partial charge < -0.3 is 4.74 Å². The van der Waals surface area contributed by atoms with Crippen LogP contribution in [0.15, 0.2) is 23.6 Å². The fraction of sp³-hybridized carbons (Fsp3) is 0.286. The highest BCUT2D eigenvalue weighted by atomic mass is 32.1. The van der Waals surface area contributed by atoms with Crippen molar-refractivity contribution in [3.8, 4) is 11.8 Å². The number of halogens is 1. The van der Waals surface area contributed by atoms with Gasteiger partial charge in [-0.25, -0.2) is 9.37 Å². The van der Waals surface area contributed by atoms with Crippen LogP contribution in [0.4, 0.5) is 4.39 Å². The highest BCUT2D eigenvalue weighted by Crippen LogP contribution is 2.23. The molecule has 0 fully saturated rings. The Kier molecular flexibility index (Phi) is 4.13. The lowest BCUT2D eigenvalue weighted by Crippen LogP contribution is -1.99. The Balaban J connectivity index is 2.10. The Hall–Kier alpha value is -1.93. The fourth-order valence-electron chi connectivity index (χ4n) is 1.54. The van der Waals surface area contributed by atoms with Crippen LogP contribution in [-0.2, 0) is 6.61 Å². The molecule has 0 atom stereocenters. The molecule has 0 saturated heterocycles. The highest BCUT2D eigenvalue weighted by molar-refractivity contribution is 7.09. The third-order valence-corrected chi connectivity index (χ3v) is 3.72. The molecule has 0 bridgehead atoms. The molecule has 1 aromatic heterocycles. The van der Waals surface area contributed by atoms with E-state index in [1.807, 2.05) is 5.38 Å². The third kappa shape index (κ3) is 3.09. The average molecular weight is 276 g/mol. The molecule has 19 heavy (non-hydrogen) atoms. The number of benzene rings is 1. The van der Waals surface area contributed by atoms with Crippen LogP contribution in [-0.4, -0.2) is 4.98 Å². The first kappa shape index (κ1) is 13.5. The first-order valence-corrected chi connectivity index (χ1v) is 6.75. The SMILES string of the molecule is CC(C)c1nc(COc2cccc(F)c2C#N)cs1. The van der Waals surface area contributed by atoms with E-state index in [-0.39, 0.29) is 17.9 Å². The number of hydrogen-bond donors (Lipinski definition) is 0. The number of aromatic nitrogens is 1. The van der Waals surface area contributed by atoms with Crippen LogP contribution in [0.2, 0.25) is 0 Å². The fourth-order valence-corrected chi connectivity index (χ4v) is 2.36. The van der Waals surface area contributed by atoms with Crippen molar-refractivity contribution in [2.24, 2.45) is 0 Å². The second kappa shape index (κ2) is 5.81. The van der Waals surface area contributed by atoms with Crippen LogP contribution in [0, 0.1) is 17.1 Å². The first-order chi connectivity index (χ1) is 9.11. The molecule has 5 heteroatoms. The minimum atomic E-state index is -0.568. The van der Waals surface area contributed by atoms with E-state index >= 15 is 0 Å². The first-order valence-electron chi connectivity index (χ1n) is 5.87. The normalized spacial score (nSPS) is 10.5. The molecule has 0 saturated carbocycles. The lowest BCUT2D eigenvalue weighted by atomic mass is 10.2. The van der Waals surface area contributed by atoms with Crippen LogP contribution in [0.25, 0.3) is 0 Å². The Morgan fingerprint density at radius 2 is 2.26 bits per heavy atom. The van der Waals surface area contributed by atoms with Gasteiger partial charge in [-0.3, -0.25) is 0 Å². The van der Waals surface area contributed by atoms with Crippen LogP contribution < -0.4 is 4.74 Å². The molecule has 0 aliphatic carbocycles. The maximum atomic E-state index is 13.4. The van der Waals surface area contributed by atoms with Gasteiger partial charge in [0.1, 0.15) is 29.8 Å². The van der Waals surface area contributed by atoms with Crippen LogP contribution >= 0.6 is 11.3 Å². The molecule has 98 valence electrons. The summed E-state index contributed by atoms with van der Waals surface area (Å²) in [5.41, 5.74) is 0.726. The van der Waals surface area contributed by atoms with E-state index < -0.39 is 5.82 Å². The van der Waals surface area contributed by atoms with Crippen molar-refractivity contribution in [2.75, 3.05) is 0 Å². The van der Waals surface area contributed by atoms with E-state index in [0.717, 1.165) is 10.7 Å². The van der Waals surface area contributed by atoms with Crippen molar-refractivity contribution in [1.82, 2.24) is 4.98 Å². The maximum absolute atomic E-state index is 13.4. The molecule has 2 rings (SSSR count). The maximum Gasteiger partial charge on any atom is 0.144 e. The number of thiazole rings is 1. The number of ether oxygens (including phenoxy) is 1. The molecule has 1 heterocycles. The van der Waals surface area contributed by atoms with E-state index in [4.69, 9.17) is 10.00 Å². The van der Waals surface area contributed by atoms with Crippen molar-refractivity contribution in [2.45, 2.75) is 26.4 Å². The molecule has 0 spiro atoms. The van der Waals surface area contributed by atoms with E-state index in [0.29, 0.717) is 5.92 Å². The van der Waals surface area contributed by atoms with Crippen LogP contribution in [0.1, 0.15) is 36.0 Å². The Labute approximate surface area is 115 Å². The highest BCUT2D eigenvalue weighted by Gasteiger charge is 2.10. The van der Waals surface area contributed by atoms with Gasteiger partial charge in [0.15, 0.2) is 0 Å². The quantitative estimate of drug-likeness (QED) is 0.852. The van der Waals surface area contributed by atoms with Gasteiger partial charge in [0.2, 0.25) is 0 Å². The number of nitriles is 1. The smallest absolute Gasteiger partial charge is 0.144 e. The molecule has 0 unspecified atom stereocenters. The summed E-state index contributed by atoms with van der Waals surface area (Å²) >= 11 is 1.58. The molecule has 0 radical (unpaired) electrons. The Morgan fingerprint density at radius 1 is 1.47 bits per heavy atom. The van der Waals surface area contributed by atoms with E-state index in [2.05, 4.69) is 18.8 Å². The molecular weight excluding hydrogens is 263 g/mol. The van der Waals surface area contributed by atoms with Crippen LogP contribution in [0.5, 0.6) is 5.75 Å². The minimum absolute atomic E-state index is 0.0678. The Morgan fingerprint density at radius 3 is 2.89 bits per heavy atom. The zero-order chi connectivity index (χ0) is 13.8. The van der Waals surface area contributed by atoms with Crippen molar-refractivity contribution < 1.29 is 9.13 Å². The van der Waals surface area contributed by atoms with Gasteiger partial charge in [0.05, 0.1) is 10.7 Å². The molecule has 1 aromatic carbocycles. The molecule has 0 N–H and O–H groups in total. The lowest BCUT2D eigenvalue weighted by molar-refractivity contribution is 0.299. The number of nitrogens with zero attached hydrogens (tertiary/aromatic N) is 2. The summed E-state index contributed by atoms with van der Waals surface area (Å²) in [5.74, 6) is 0.0605. The second-order valence-corrected chi connectivity index (χ2v) is 5.23. The number of rotatable bonds is 4. The summed E-state index contributed by atoms with van der Waals surface area (Å²) in [4.78, 5) is 4.42. The summed E-state index contributed by atoms with van der Waals surface area (Å²) in [5, 5.41) is 11.8. The molecule has 0 aliphatic rings. The predicted molar refractivity (Wildman–Crippen MR) is 71.7 cm³/mol. The van der Waals surface area contributed by atoms with Crippen LogP contribution in [0.3, 0.4) is 0 Å². The molecule has 3 nitrogen and oxygen atoms in total. The van der Waals surface area contributed by atoms with Gasteiger partial charge in [0.25, 0.3) is 0 Å². The van der Waals surface area contributed by atoms with E-state index in [9.17, 15) is 4.39 Å². The minimum Gasteiger partial charge on any atom is -0.486 e. The summed E-state index contributed by atoms with van der Waals surface area (Å²) in [6.45, 7) is 4.38. The van der Waals surface area contributed by atoms with Crippen molar-refractivity contribution >= 4 is 11.3 Å². The molecule has 2 aromatic rings. The third-order valence-electron chi connectivity index (χ3n) is 2.53. The number of hydrogen-bond acceptors (Lipinski definition) is 4. The standard InChI is InChI=1S/C14H13FN2OS/c1-9(2)14-17-10(8-19-14)7-18-13-5-3-4-12(15)11(13)6-16/h3-5,8-9H,7H2,1-2H3. The van der Waals surface area contributed by atoms with Gasteiger partial charge in [-0.2, -0.15) is 5.26 Å². The Bertz CT molecular complexity index is 616. The molecular formula is C14H13FN2OS. The topological polar surface area (TPSA) is 45.9 Å². The monoisotopic (exact) mass is 276 g/mol. The summed E-state index contributed by atoms with van der Waals surface area (Å²) in [6.07, 6.45) is 0. The van der Waals surface area contributed by atoms with Gasteiger partial charge in [-0.05, 0) is 12.1 Å². The van der Waals surface area contributed by atoms with Crippen molar-refractivity contribution in [3.63, 3.8) is 0 Å². The summed E-state index contributed by atoms with van der Waals surface area (Å²) in [7, 11) is 0. The van der Waals surface area contributed by atoms with Gasteiger partial charge in [0, 0.05) is 11.3 Å². The zero-order valence-corrected chi connectivity index (χ0v) is 11.5.